The lowest BCUT2D eigenvalue weighted by atomic mass is 10.0. The van der Waals surface area contributed by atoms with Gasteiger partial charge in [0.15, 0.2) is 0 Å². The molecule has 2 saturated heterocycles. The number of nitrogens with zero attached hydrogens (tertiary/aromatic N) is 1. The first-order valence-corrected chi connectivity index (χ1v) is 10.1. The summed E-state index contributed by atoms with van der Waals surface area (Å²) in [5.41, 5.74) is 0.494. The number of rotatable bonds is 5. The summed E-state index contributed by atoms with van der Waals surface area (Å²) in [5, 5.41) is 0. The number of sulfonamides is 1. The van der Waals surface area contributed by atoms with Crippen molar-refractivity contribution in [2.24, 2.45) is 0 Å². The van der Waals surface area contributed by atoms with E-state index in [2.05, 4.69) is 16.7 Å². The summed E-state index contributed by atoms with van der Waals surface area (Å²) in [6.07, 6.45) is 1.67. The number of nitrogens with one attached hydrogen (secondary N) is 1. The topological polar surface area (TPSA) is 67.9 Å². The first-order chi connectivity index (χ1) is 11.5. The molecule has 2 aliphatic heterocycles. The summed E-state index contributed by atoms with van der Waals surface area (Å²) in [7, 11) is -1.29. The highest BCUT2D eigenvalue weighted by Crippen LogP contribution is 2.32. The number of ether oxygens (including phenoxy) is 2. The first-order valence-electron chi connectivity index (χ1n) is 8.42. The minimum Gasteiger partial charge on any atom is -0.377 e. The molecular weight excluding hydrogens is 328 g/mol. The van der Waals surface area contributed by atoms with Crippen molar-refractivity contribution >= 4 is 10.0 Å². The fourth-order valence-corrected chi connectivity index (χ4v) is 4.59. The maximum atomic E-state index is 12.2. The predicted octanol–water partition coefficient (Wildman–Crippen LogP) is 0.986. The zero-order valence-electron chi connectivity index (χ0n) is 14.1. The van der Waals surface area contributed by atoms with E-state index in [0.29, 0.717) is 13.2 Å². The van der Waals surface area contributed by atoms with Crippen molar-refractivity contribution in [1.29, 1.82) is 0 Å². The molecular formula is C17H26N2O4S. The van der Waals surface area contributed by atoms with Gasteiger partial charge in [-0.05, 0) is 25.5 Å². The number of likely N-dealkylation sites (N-methyl/N-ethyl adjacent to an activating group) is 1. The van der Waals surface area contributed by atoms with Crippen LogP contribution in [-0.4, -0.2) is 64.9 Å². The fraction of sp³-hybridized carbons (Fsp3) is 0.647. The van der Waals surface area contributed by atoms with Gasteiger partial charge in [0, 0.05) is 19.6 Å². The molecule has 2 fully saturated rings. The molecule has 2 aliphatic rings. The molecule has 0 saturated carbocycles. The van der Waals surface area contributed by atoms with Crippen molar-refractivity contribution in [2.45, 2.75) is 30.3 Å². The lowest BCUT2D eigenvalue weighted by molar-refractivity contribution is -0.0824. The Labute approximate surface area is 144 Å². The molecule has 0 aliphatic carbocycles. The van der Waals surface area contributed by atoms with Gasteiger partial charge in [-0.25, -0.2) is 13.1 Å². The average Bonchev–Trinajstić information content (AvgIpc) is 2.84. The van der Waals surface area contributed by atoms with E-state index in [4.69, 9.17) is 9.47 Å². The van der Waals surface area contributed by atoms with Crippen LogP contribution in [0.4, 0.5) is 0 Å². The maximum absolute atomic E-state index is 12.2. The molecule has 0 bridgehead atoms. The van der Waals surface area contributed by atoms with Crippen LogP contribution in [0.15, 0.2) is 30.3 Å². The molecule has 0 unspecified atom stereocenters. The quantitative estimate of drug-likeness (QED) is 0.854. The van der Waals surface area contributed by atoms with E-state index in [0.717, 1.165) is 38.1 Å². The van der Waals surface area contributed by atoms with E-state index in [-0.39, 0.29) is 17.5 Å². The van der Waals surface area contributed by atoms with Gasteiger partial charge in [0.1, 0.15) is 5.60 Å². The second-order valence-corrected chi connectivity index (χ2v) is 8.65. The highest BCUT2D eigenvalue weighted by Gasteiger charge is 2.42. The van der Waals surface area contributed by atoms with Crippen molar-refractivity contribution in [1.82, 2.24) is 9.62 Å². The zero-order valence-corrected chi connectivity index (χ0v) is 14.9. The Hall–Kier alpha value is -0.990. The van der Waals surface area contributed by atoms with Crippen molar-refractivity contribution in [3.8, 4) is 0 Å². The smallest absolute Gasteiger partial charge is 0.215 e. The molecule has 1 N–H and O–H groups in total. The van der Waals surface area contributed by atoms with E-state index in [1.807, 2.05) is 30.3 Å². The minimum atomic E-state index is -3.35. The highest BCUT2D eigenvalue weighted by molar-refractivity contribution is 7.88. The third-order valence-electron chi connectivity index (χ3n) is 4.61. The van der Waals surface area contributed by atoms with Crippen molar-refractivity contribution in [2.75, 3.05) is 39.9 Å². The summed E-state index contributed by atoms with van der Waals surface area (Å²) in [6.45, 7) is 3.36. The molecule has 1 aromatic carbocycles. The number of hydrogen-bond acceptors (Lipinski definition) is 5. The summed E-state index contributed by atoms with van der Waals surface area (Å²) < 4.78 is 39.0. The van der Waals surface area contributed by atoms with Crippen LogP contribution in [-0.2, 0) is 25.2 Å². The van der Waals surface area contributed by atoms with Gasteiger partial charge in [-0.1, -0.05) is 30.3 Å². The minimum absolute atomic E-state index is 0.00243. The summed E-state index contributed by atoms with van der Waals surface area (Å²) in [4.78, 5) is 2.22. The van der Waals surface area contributed by atoms with E-state index < -0.39 is 10.0 Å². The lowest BCUT2D eigenvalue weighted by Gasteiger charge is -2.30. The molecule has 6 nitrogen and oxygen atoms in total. The molecule has 0 radical (unpaired) electrons. The largest absolute Gasteiger partial charge is 0.377 e. The standard InChI is InChI=1S/C17H26N2O4S/c1-19-9-10-22-14-17(13-19)8-7-16(23-17)11-18-24(20,21)12-15-5-3-2-4-6-15/h2-6,16,18H,7-14H2,1H3/t16-,17-/m1/s1. The van der Waals surface area contributed by atoms with Gasteiger partial charge in [-0.2, -0.15) is 0 Å². The fourth-order valence-electron chi connectivity index (χ4n) is 3.42. The Morgan fingerprint density at radius 2 is 2.12 bits per heavy atom. The monoisotopic (exact) mass is 354 g/mol. The Bertz CT molecular complexity index is 637. The third-order valence-corrected chi connectivity index (χ3v) is 5.93. The van der Waals surface area contributed by atoms with E-state index in [1.54, 1.807) is 0 Å². The maximum Gasteiger partial charge on any atom is 0.215 e. The Morgan fingerprint density at radius 3 is 2.92 bits per heavy atom. The third kappa shape index (κ3) is 4.77. The van der Waals surface area contributed by atoms with Crippen LogP contribution in [0, 0.1) is 0 Å². The normalized spacial score (nSPS) is 29.0. The zero-order chi connectivity index (χ0) is 17.0. The Morgan fingerprint density at radius 1 is 1.33 bits per heavy atom. The second-order valence-electron chi connectivity index (χ2n) is 6.85. The van der Waals surface area contributed by atoms with Crippen LogP contribution in [0.25, 0.3) is 0 Å². The van der Waals surface area contributed by atoms with Gasteiger partial charge >= 0.3 is 0 Å². The molecule has 24 heavy (non-hydrogen) atoms. The van der Waals surface area contributed by atoms with Crippen molar-refractivity contribution in [3.05, 3.63) is 35.9 Å². The average molecular weight is 354 g/mol. The van der Waals surface area contributed by atoms with E-state index in [1.165, 1.54) is 0 Å². The molecule has 2 heterocycles. The highest BCUT2D eigenvalue weighted by atomic mass is 32.2. The summed E-state index contributed by atoms with van der Waals surface area (Å²) >= 11 is 0. The molecule has 0 aromatic heterocycles. The van der Waals surface area contributed by atoms with Crippen LogP contribution >= 0.6 is 0 Å². The Balaban J connectivity index is 1.52. The van der Waals surface area contributed by atoms with Gasteiger partial charge in [0.25, 0.3) is 0 Å². The van der Waals surface area contributed by atoms with Gasteiger partial charge in [-0.3, -0.25) is 0 Å². The second kappa shape index (κ2) is 7.49. The molecule has 134 valence electrons. The van der Waals surface area contributed by atoms with E-state index in [9.17, 15) is 8.42 Å². The van der Waals surface area contributed by atoms with Gasteiger partial charge in [-0.15, -0.1) is 0 Å². The van der Waals surface area contributed by atoms with Gasteiger partial charge in [0.2, 0.25) is 10.0 Å². The lowest BCUT2D eigenvalue weighted by Crippen LogP contribution is -2.44. The molecule has 3 rings (SSSR count). The molecule has 2 atom stereocenters. The van der Waals surface area contributed by atoms with Crippen molar-refractivity contribution < 1.29 is 17.9 Å². The van der Waals surface area contributed by atoms with Crippen molar-refractivity contribution in [3.63, 3.8) is 0 Å². The summed E-state index contributed by atoms with van der Waals surface area (Å²) in [5.74, 6) is -0.00243. The molecule has 0 amide bonds. The van der Waals surface area contributed by atoms with Crippen LogP contribution in [0.3, 0.4) is 0 Å². The van der Waals surface area contributed by atoms with Gasteiger partial charge in [0.05, 0.1) is 25.1 Å². The first kappa shape index (κ1) is 17.8. The van der Waals surface area contributed by atoms with Crippen LogP contribution < -0.4 is 4.72 Å². The SMILES string of the molecule is CN1CCOC[C@@]2(CC[C@H](CNS(=O)(=O)Cc3ccccc3)O2)C1. The van der Waals surface area contributed by atoms with Crippen LogP contribution in [0.2, 0.25) is 0 Å². The molecule has 7 heteroatoms. The molecule has 1 aromatic rings. The predicted molar refractivity (Wildman–Crippen MR) is 92.2 cm³/mol. The van der Waals surface area contributed by atoms with Crippen LogP contribution in [0.5, 0.6) is 0 Å². The van der Waals surface area contributed by atoms with E-state index >= 15 is 0 Å². The Kier molecular flexibility index (Phi) is 5.56. The summed E-state index contributed by atoms with van der Waals surface area (Å²) in [6, 6.07) is 9.20. The molecule has 1 spiro atoms. The number of hydrogen-bond donors (Lipinski definition) is 1. The van der Waals surface area contributed by atoms with Crippen LogP contribution in [0.1, 0.15) is 18.4 Å². The van der Waals surface area contributed by atoms with Gasteiger partial charge < -0.3 is 14.4 Å². The number of benzene rings is 1.